The normalized spacial score (nSPS) is 0. The van der Waals surface area contributed by atoms with Crippen LogP contribution >= 0.6 is 0 Å². The summed E-state index contributed by atoms with van der Waals surface area (Å²) in [4.78, 5) is 0. The van der Waals surface area contributed by atoms with Gasteiger partial charge in [-0.25, -0.2) is 0 Å². The molecule has 0 saturated heterocycles. The van der Waals surface area contributed by atoms with Gasteiger partial charge in [-0.2, -0.15) is 0 Å². The second-order valence-corrected chi connectivity index (χ2v) is 0. The van der Waals surface area contributed by atoms with Crippen LogP contribution in [0.25, 0.3) is 0 Å². The van der Waals surface area contributed by atoms with E-state index in [2.05, 4.69) is 0 Å². The van der Waals surface area contributed by atoms with Gasteiger partial charge in [-0.3, -0.25) is 0 Å². The molecule has 9 heavy (non-hydrogen) atoms. The van der Waals surface area contributed by atoms with Gasteiger partial charge in [0.05, 0.1) is 0 Å². The molecule has 0 fully saturated rings. The first-order valence-corrected chi connectivity index (χ1v) is 0. The van der Waals surface area contributed by atoms with Crippen molar-refractivity contribution in [3.05, 3.63) is 37.1 Å². The molecule has 4 N–H and O–H groups in total. The summed E-state index contributed by atoms with van der Waals surface area (Å²) in [6.07, 6.45) is 0. The Bertz CT molecular complexity index is 12.9. The topological polar surface area (TPSA) is 63.0 Å². The van der Waals surface area contributed by atoms with Gasteiger partial charge in [-0.05, 0) is 0 Å². The Kier molecular flexibility index (Phi) is 2890. The molecule has 0 saturated carbocycles. The fourth-order valence-corrected chi connectivity index (χ4v) is 0. The molecule has 0 rings (SSSR count). The first kappa shape index (κ1) is 186. The summed E-state index contributed by atoms with van der Waals surface area (Å²) < 4.78 is 0. The Morgan fingerprint density at radius 3 is 0.444 bits per heavy atom. The van der Waals surface area contributed by atoms with Crippen LogP contribution < -0.4 is 0 Å². The maximum absolute atomic E-state index is 0. The van der Waals surface area contributed by atoms with E-state index in [9.17, 15) is 0 Å². The summed E-state index contributed by atoms with van der Waals surface area (Å²) in [5, 5.41) is 0. The fraction of sp³-hybridized carbons (Fsp3) is 0. The van der Waals surface area contributed by atoms with Crippen molar-refractivity contribution in [3.8, 4) is 0 Å². The quantitative estimate of drug-likeness (QED) is 0.543. The third-order valence-corrected chi connectivity index (χ3v) is 0. The Morgan fingerprint density at radius 2 is 0.444 bits per heavy atom. The molecule has 0 aromatic heterocycles. The zero-order valence-corrected chi connectivity index (χ0v) is 13.3. The number of rotatable bonds is 0. The predicted molar refractivity (Wildman–Crippen MR) is 39.3 cm³/mol. The molecule has 0 spiro atoms. The van der Waals surface area contributed by atoms with Crippen LogP contribution in [0.2, 0.25) is 0 Å². The zero-order chi connectivity index (χ0) is 0. The first-order chi connectivity index (χ1) is 0. The molecule has 2 nitrogen and oxygen atoms in total. The van der Waals surface area contributed by atoms with Gasteiger partial charge in [0.15, 0.2) is 0 Å². The Labute approximate surface area is 129 Å². The van der Waals surface area contributed by atoms with E-state index in [-0.39, 0.29) is 132 Å². The molecule has 0 aliphatic heterocycles. The second kappa shape index (κ2) is 140. The maximum atomic E-state index is 0. The summed E-state index contributed by atoms with van der Waals surface area (Å²) >= 11 is 0. The van der Waals surface area contributed by atoms with Crippen LogP contribution in [0.4, 0.5) is 0 Å². The van der Waals surface area contributed by atoms with E-state index < -0.39 is 0 Å². The summed E-state index contributed by atoms with van der Waals surface area (Å²) in [5.74, 6) is 0. The van der Waals surface area contributed by atoms with Gasteiger partial charge in [-0.1, -0.05) is 0 Å². The zero-order valence-electron chi connectivity index (χ0n) is 7.00. The molecule has 4 heteroatoms. The maximum Gasteiger partial charge on any atom is 3.00 e. The van der Waals surface area contributed by atoms with Crippen molar-refractivity contribution in [1.29, 1.82) is 0 Å². The van der Waals surface area contributed by atoms with Crippen LogP contribution in [0.15, 0.2) is 0 Å². The molecule has 0 amide bonds. The van der Waals surface area contributed by atoms with Gasteiger partial charge in [0.2, 0.25) is 0 Å². The van der Waals surface area contributed by atoms with Gasteiger partial charge >= 0.3 is 41.7 Å². The van der Waals surface area contributed by atoms with E-state index in [1.165, 1.54) is 0 Å². The number of hydrogen-bond donors (Lipinski definition) is 0. The third-order valence-electron chi connectivity index (χ3n) is 0. The Hall–Kier alpha value is 2.67. The van der Waals surface area contributed by atoms with Gasteiger partial charge < -0.3 is 48.1 Å². The first-order valence-electron chi connectivity index (χ1n) is 0. The van der Waals surface area contributed by atoms with Crippen molar-refractivity contribution in [2.45, 2.75) is 0 Å². The third kappa shape index (κ3) is 112. The van der Waals surface area contributed by atoms with E-state index in [0.29, 0.717) is 0 Å². The van der Waals surface area contributed by atoms with Crippen molar-refractivity contribution in [2.75, 3.05) is 0 Å². The van der Waals surface area contributed by atoms with Crippen molar-refractivity contribution >= 4 is 0 Å². The summed E-state index contributed by atoms with van der Waals surface area (Å²) in [7, 11) is 0. The van der Waals surface area contributed by atoms with Gasteiger partial charge in [0, 0.05) is 41.7 Å². The molecular weight excluding hydrogens is 372 g/mol. The average molecular weight is 391 g/mol. The SMILES string of the molecule is O.O.[CH3-].[CH3-].[CH3-].[CH3-].[CH3-].[Ce+3].[Ce]. The summed E-state index contributed by atoms with van der Waals surface area (Å²) in [5.41, 5.74) is 0. The Balaban J connectivity index is 0. The minimum absolute atomic E-state index is 0. The van der Waals surface area contributed by atoms with E-state index >= 15 is 0 Å². The van der Waals surface area contributed by atoms with Crippen LogP contribution in [0.1, 0.15) is 0 Å². The molecule has 0 unspecified atom stereocenters. The molecule has 1 radical (unpaired) electrons. The minimum atomic E-state index is 0. The molecule has 0 aliphatic rings. The van der Waals surface area contributed by atoms with Gasteiger partial charge in [-0.15, -0.1) is 0 Å². The standard InChI is InChI=1S/5CH3.2Ce.2H2O/h5*1H3;;;2*1H2/q5*-1;;+3;;. The molecule has 0 aliphatic carbocycles. The fourth-order valence-electron chi connectivity index (χ4n) is 0. The molecular formula is C5H19Ce2O2-2. The molecule has 0 aromatic carbocycles. The van der Waals surface area contributed by atoms with E-state index in [1.54, 1.807) is 0 Å². The van der Waals surface area contributed by atoms with E-state index in [0.717, 1.165) is 0 Å². The van der Waals surface area contributed by atoms with Crippen LogP contribution in [0, 0.1) is 121 Å². The van der Waals surface area contributed by atoms with Crippen molar-refractivity contribution in [1.82, 2.24) is 0 Å². The monoisotopic (exact) mass is 391 g/mol. The van der Waals surface area contributed by atoms with Gasteiger partial charge in [0.1, 0.15) is 0 Å². The molecule has 0 aromatic rings. The molecule has 0 bridgehead atoms. The van der Waals surface area contributed by atoms with Gasteiger partial charge in [0.25, 0.3) is 0 Å². The number of hydrogen-bond acceptors (Lipinski definition) is 0. The van der Waals surface area contributed by atoms with Crippen LogP contribution in [-0.4, -0.2) is 11.0 Å². The van der Waals surface area contributed by atoms with Crippen molar-refractivity contribution in [2.24, 2.45) is 0 Å². The van der Waals surface area contributed by atoms with Crippen LogP contribution in [0.5, 0.6) is 0 Å². The van der Waals surface area contributed by atoms with Crippen molar-refractivity contribution in [3.63, 3.8) is 0 Å². The predicted octanol–water partition coefficient (Wildman–Crippen LogP) is 0.602. The Morgan fingerprint density at radius 1 is 0.444 bits per heavy atom. The largest absolute Gasteiger partial charge is 3.00 e. The van der Waals surface area contributed by atoms with Crippen LogP contribution in [0.3, 0.4) is 0 Å². The minimum Gasteiger partial charge on any atom is -0.412 e. The summed E-state index contributed by atoms with van der Waals surface area (Å²) in [6.45, 7) is 0. The van der Waals surface area contributed by atoms with E-state index in [4.69, 9.17) is 0 Å². The van der Waals surface area contributed by atoms with Crippen LogP contribution in [-0.2, 0) is 0 Å². The summed E-state index contributed by atoms with van der Waals surface area (Å²) in [6, 6.07) is 0. The second-order valence-electron chi connectivity index (χ2n) is 0. The molecule has 0 atom stereocenters. The average Bonchev–Trinajstić information content (AvgIpc) is 0. The molecule has 0 heterocycles. The molecule has 61 valence electrons. The van der Waals surface area contributed by atoms with Crippen molar-refractivity contribution < 1.29 is 94.4 Å². The van der Waals surface area contributed by atoms with E-state index in [1.807, 2.05) is 0 Å². The smallest absolute Gasteiger partial charge is 0.412 e.